The van der Waals surface area contributed by atoms with E-state index in [2.05, 4.69) is 4.72 Å². The van der Waals surface area contributed by atoms with E-state index in [4.69, 9.17) is 9.47 Å². The van der Waals surface area contributed by atoms with Crippen molar-refractivity contribution < 1.29 is 22.7 Å². The number of benzene rings is 2. The largest absolute Gasteiger partial charge is 0.497 e. The fraction of sp³-hybridized carbons (Fsp3) is 0.316. The Morgan fingerprint density at radius 1 is 1.07 bits per heavy atom. The Kier molecular flexibility index (Phi) is 5.38. The molecular formula is C19H22N2O5S. The molecule has 8 heteroatoms. The van der Waals surface area contributed by atoms with Gasteiger partial charge < -0.3 is 14.4 Å². The van der Waals surface area contributed by atoms with Crippen LogP contribution in [0.25, 0.3) is 0 Å². The first-order valence-electron chi connectivity index (χ1n) is 8.45. The molecule has 2 aromatic carbocycles. The summed E-state index contributed by atoms with van der Waals surface area (Å²) < 4.78 is 38.3. The lowest BCUT2D eigenvalue weighted by molar-refractivity contribution is -0.117. The number of methoxy groups -OCH3 is 2. The van der Waals surface area contributed by atoms with E-state index in [9.17, 15) is 13.2 Å². The fourth-order valence-electron chi connectivity index (χ4n) is 3.10. The van der Waals surface area contributed by atoms with Gasteiger partial charge in [-0.25, -0.2) is 13.1 Å². The van der Waals surface area contributed by atoms with Crippen molar-refractivity contribution in [2.45, 2.75) is 24.3 Å². The maximum Gasteiger partial charge on any atom is 0.240 e. The summed E-state index contributed by atoms with van der Waals surface area (Å²) in [6.45, 7) is 2.06. The third-order valence-electron chi connectivity index (χ3n) is 4.51. The van der Waals surface area contributed by atoms with Crippen LogP contribution in [0, 0.1) is 6.92 Å². The second kappa shape index (κ2) is 7.58. The molecule has 1 unspecified atom stereocenters. The number of nitrogens with zero attached hydrogens (tertiary/aromatic N) is 1. The molecule has 0 aromatic heterocycles. The number of hydrogen-bond donors (Lipinski definition) is 1. The molecule has 1 heterocycles. The Morgan fingerprint density at radius 2 is 1.78 bits per heavy atom. The maximum atomic E-state index is 12.7. The van der Waals surface area contributed by atoms with Crippen molar-refractivity contribution in [1.82, 2.24) is 4.72 Å². The van der Waals surface area contributed by atoms with Gasteiger partial charge in [0.1, 0.15) is 11.5 Å². The van der Waals surface area contributed by atoms with E-state index in [0.717, 1.165) is 5.56 Å². The monoisotopic (exact) mass is 390 g/mol. The van der Waals surface area contributed by atoms with Gasteiger partial charge in [0.15, 0.2) is 0 Å². The smallest absolute Gasteiger partial charge is 0.240 e. The molecule has 1 atom stereocenters. The molecular weight excluding hydrogens is 368 g/mol. The zero-order valence-electron chi connectivity index (χ0n) is 15.4. The van der Waals surface area contributed by atoms with Crippen molar-refractivity contribution in [2.75, 3.05) is 25.7 Å². The minimum absolute atomic E-state index is 0.112. The number of carbonyl (C=O) groups is 1. The standard InChI is InChI=1S/C19H22N2O5S/c1-13-10-17(8-9-18(13)26-3)27(23,24)20-14-11-19(22)21(12-14)15-4-6-16(25-2)7-5-15/h4-10,14,20H,11-12H2,1-3H3. The predicted molar refractivity (Wildman–Crippen MR) is 102 cm³/mol. The number of amides is 1. The second-order valence-corrected chi connectivity index (χ2v) is 8.07. The van der Waals surface area contributed by atoms with Crippen molar-refractivity contribution in [3.8, 4) is 11.5 Å². The number of hydrogen-bond acceptors (Lipinski definition) is 5. The Labute approximate surface area is 158 Å². The van der Waals surface area contributed by atoms with Crippen molar-refractivity contribution in [1.29, 1.82) is 0 Å². The molecule has 0 spiro atoms. The molecule has 3 rings (SSSR count). The van der Waals surface area contributed by atoms with Crippen molar-refractivity contribution in [2.24, 2.45) is 0 Å². The van der Waals surface area contributed by atoms with E-state index in [0.29, 0.717) is 17.2 Å². The highest BCUT2D eigenvalue weighted by atomic mass is 32.2. The van der Waals surface area contributed by atoms with E-state index in [1.807, 2.05) is 0 Å². The van der Waals surface area contributed by atoms with Crippen LogP contribution in [0.15, 0.2) is 47.4 Å². The normalized spacial score (nSPS) is 17.2. The summed E-state index contributed by atoms with van der Waals surface area (Å²) in [5, 5.41) is 0. The maximum absolute atomic E-state index is 12.7. The van der Waals surface area contributed by atoms with Crippen LogP contribution in [-0.4, -0.2) is 41.1 Å². The van der Waals surface area contributed by atoms with E-state index in [1.165, 1.54) is 13.2 Å². The summed E-state index contributed by atoms with van der Waals surface area (Å²) in [6.07, 6.45) is 0.112. The molecule has 1 aliphatic heterocycles. The Bertz CT molecular complexity index is 941. The molecule has 7 nitrogen and oxygen atoms in total. The molecule has 1 aliphatic rings. The summed E-state index contributed by atoms with van der Waals surface area (Å²) in [6, 6.07) is 11.3. The molecule has 2 aromatic rings. The van der Waals surface area contributed by atoms with Crippen LogP contribution in [0.5, 0.6) is 11.5 Å². The van der Waals surface area contributed by atoms with Gasteiger partial charge in [-0.15, -0.1) is 0 Å². The molecule has 1 N–H and O–H groups in total. The van der Waals surface area contributed by atoms with E-state index in [-0.39, 0.29) is 23.8 Å². The number of aryl methyl sites for hydroxylation is 1. The highest BCUT2D eigenvalue weighted by molar-refractivity contribution is 7.89. The van der Waals surface area contributed by atoms with Crippen LogP contribution < -0.4 is 19.1 Å². The number of anilines is 1. The summed E-state index contributed by atoms with van der Waals surface area (Å²) in [5.74, 6) is 1.19. The van der Waals surface area contributed by atoms with Gasteiger partial charge in [-0.1, -0.05) is 0 Å². The van der Waals surface area contributed by atoms with Gasteiger partial charge in [-0.3, -0.25) is 4.79 Å². The SMILES string of the molecule is COc1ccc(N2CC(NS(=O)(=O)c3ccc(OC)c(C)c3)CC2=O)cc1. The van der Waals surface area contributed by atoms with Gasteiger partial charge in [0, 0.05) is 24.7 Å². The van der Waals surface area contributed by atoms with Gasteiger partial charge >= 0.3 is 0 Å². The van der Waals surface area contributed by atoms with Crippen molar-refractivity contribution in [3.63, 3.8) is 0 Å². The molecule has 0 radical (unpaired) electrons. The van der Waals surface area contributed by atoms with Gasteiger partial charge in [-0.05, 0) is 55.0 Å². The number of ether oxygens (including phenoxy) is 2. The predicted octanol–water partition coefficient (Wildman–Crippen LogP) is 2.10. The van der Waals surface area contributed by atoms with Crippen molar-refractivity contribution in [3.05, 3.63) is 48.0 Å². The molecule has 27 heavy (non-hydrogen) atoms. The topological polar surface area (TPSA) is 84.9 Å². The number of sulfonamides is 1. The Hall–Kier alpha value is -2.58. The zero-order valence-corrected chi connectivity index (χ0v) is 16.2. The molecule has 1 amide bonds. The number of nitrogens with one attached hydrogen (secondary N) is 1. The number of carbonyl (C=O) groups excluding carboxylic acids is 1. The molecule has 0 bridgehead atoms. The van der Waals surface area contributed by atoms with Gasteiger partial charge in [-0.2, -0.15) is 0 Å². The molecule has 0 saturated carbocycles. The summed E-state index contributed by atoms with van der Waals surface area (Å²) in [7, 11) is -0.630. The zero-order chi connectivity index (χ0) is 19.6. The average Bonchev–Trinajstić information content (AvgIpc) is 3.01. The minimum atomic E-state index is -3.74. The summed E-state index contributed by atoms with van der Waals surface area (Å²) >= 11 is 0. The summed E-state index contributed by atoms with van der Waals surface area (Å²) in [5.41, 5.74) is 1.44. The van der Waals surface area contributed by atoms with E-state index < -0.39 is 16.1 Å². The fourth-order valence-corrected chi connectivity index (χ4v) is 4.42. The first-order valence-corrected chi connectivity index (χ1v) is 9.94. The molecule has 1 saturated heterocycles. The number of rotatable bonds is 6. The van der Waals surface area contributed by atoms with Crippen LogP contribution in [-0.2, 0) is 14.8 Å². The van der Waals surface area contributed by atoms with Crippen LogP contribution in [0.4, 0.5) is 5.69 Å². The van der Waals surface area contributed by atoms with E-state index in [1.54, 1.807) is 55.3 Å². The minimum Gasteiger partial charge on any atom is -0.497 e. The lowest BCUT2D eigenvalue weighted by Gasteiger charge is -2.18. The van der Waals surface area contributed by atoms with Crippen LogP contribution in [0.2, 0.25) is 0 Å². The molecule has 144 valence electrons. The Morgan fingerprint density at radius 3 is 2.37 bits per heavy atom. The second-order valence-electron chi connectivity index (χ2n) is 6.36. The third kappa shape index (κ3) is 4.06. The first-order chi connectivity index (χ1) is 12.8. The van der Waals surface area contributed by atoms with Gasteiger partial charge in [0.05, 0.1) is 19.1 Å². The third-order valence-corrected chi connectivity index (χ3v) is 6.03. The van der Waals surface area contributed by atoms with Crippen LogP contribution >= 0.6 is 0 Å². The summed E-state index contributed by atoms with van der Waals surface area (Å²) in [4.78, 5) is 14.1. The van der Waals surface area contributed by atoms with Gasteiger partial charge in [0.2, 0.25) is 15.9 Å². The Balaban J connectivity index is 1.74. The lowest BCUT2D eigenvalue weighted by Crippen LogP contribution is -2.37. The highest BCUT2D eigenvalue weighted by Gasteiger charge is 2.33. The van der Waals surface area contributed by atoms with Crippen molar-refractivity contribution >= 4 is 21.6 Å². The van der Waals surface area contributed by atoms with Crippen LogP contribution in [0.3, 0.4) is 0 Å². The lowest BCUT2D eigenvalue weighted by atomic mass is 10.2. The van der Waals surface area contributed by atoms with Crippen LogP contribution in [0.1, 0.15) is 12.0 Å². The quantitative estimate of drug-likeness (QED) is 0.816. The van der Waals surface area contributed by atoms with E-state index >= 15 is 0 Å². The molecule has 0 aliphatic carbocycles. The first kappa shape index (κ1) is 19.2. The highest BCUT2D eigenvalue weighted by Crippen LogP contribution is 2.26. The molecule has 1 fully saturated rings. The van der Waals surface area contributed by atoms with Gasteiger partial charge in [0.25, 0.3) is 0 Å². The average molecular weight is 390 g/mol.